The Kier molecular flexibility index (Phi) is 3.22. The second-order valence-corrected chi connectivity index (χ2v) is 3.67. The lowest BCUT2D eigenvalue weighted by atomic mass is 10.2. The van der Waals surface area contributed by atoms with Crippen LogP contribution in [0.5, 0.6) is 0 Å². The number of halogens is 2. The summed E-state index contributed by atoms with van der Waals surface area (Å²) in [5.74, 6) is -0.515. The van der Waals surface area contributed by atoms with Crippen molar-refractivity contribution < 1.29 is 4.39 Å². The molecule has 0 bridgehead atoms. The first-order valence-electron chi connectivity index (χ1n) is 4.78. The van der Waals surface area contributed by atoms with Gasteiger partial charge in [-0.15, -0.1) is 0 Å². The second kappa shape index (κ2) is 4.81. The van der Waals surface area contributed by atoms with E-state index in [1.54, 1.807) is 18.2 Å². The van der Waals surface area contributed by atoms with Crippen molar-refractivity contribution in [1.82, 2.24) is 4.98 Å². The number of nitrogens with zero attached hydrogens (tertiary/aromatic N) is 2. The molecule has 0 atom stereocenters. The Bertz CT molecular complexity index is 593. The largest absolute Gasteiger partial charge is 0.353 e. The molecule has 1 N–H and O–H groups in total. The monoisotopic (exact) mass is 247 g/mol. The van der Waals surface area contributed by atoms with Gasteiger partial charge in [0.15, 0.2) is 5.69 Å². The summed E-state index contributed by atoms with van der Waals surface area (Å²) >= 11 is 5.57. The minimum Gasteiger partial charge on any atom is -0.353 e. The molecule has 0 aliphatic carbocycles. The van der Waals surface area contributed by atoms with Crippen molar-refractivity contribution in [3.05, 3.63) is 53.1 Å². The Morgan fingerprint density at radius 2 is 2.18 bits per heavy atom. The van der Waals surface area contributed by atoms with Crippen molar-refractivity contribution in [3.8, 4) is 6.07 Å². The molecule has 1 aromatic carbocycles. The first kappa shape index (κ1) is 11.4. The van der Waals surface area contributed by atoms with E-state index in [-0.39, 0.29) is 10.7 Å². The molecule has 1 aromatic heterocycles. The zero-order valence-corrected chi connectivity index (χ0v) is 9.37. The SMILES string of the molecule is N#Cc1ncccc1Nc1ccc(Cl)c(F)c1. The molecule has 0 aliphatic rings. The molecule has 84 valence electrons. The number of hydrogen-bond donors (Lipinski definition) is 1. The average molecular weight is 248 g/mol. The van der Waals surface area contributed by atoms with Gasteiger partial charge in [-0.2, -0.15) is 5.26 Å². The molecule has 3 nitrogen and oxygen atoms in total. The van der Waals surface area contributed by atoms with Crippen LogP contribution in [0.1, 0.15) is 5.69 Å². The van der Waals surface area contributed by atoms with Crippen LogP contribution >= 0.6 is 11.6 Å². The maximum atomic E-state index is 13.2. The predicted molar refractivity (Wildman–Crippen MR) is 63.6 cm³/mol. The fourth-order valence-electron chi connectivity index (χ4n) is 1.32. The number of hydrogen-bond acceptors (Lipinski definition) is 3. The second-order valence-electron chi connectivity index (χ2n) is 3.27. The molecule has 0 radical (unpaired) electrons. The average Bonchev–Trinajstić information content (AvgIpc) is 2.34. The van der Waals surface area contributed by atoms with Crippen molar-refractivity contribution in [2.75, 3.05) is 5.32 Å². The number of benzene rings is 1. The van der Waals surface area contributed by atoms with Crippen LogP contribution in [0.4, 0.5) is 15.8 Å². The van der Waals surface area contributed by atoms with E-state index >= 15 is 0 Å². The van der Waals surface area contributed by atoms with Crippen LogP contribution in [0.3, 0.4) is 0 Å². The molecule has 0 aliphatic heterocycles. The Hall–Kier alpha value is -2.12. The minimum atomic E-state index is -0.515. The molecule has 5 heteroatoms. The van der Waals surface area contributed by atoms with Gasteiger partial charge in [0.1, 0.15) is 11.9 Å². The Balaban J connectivity index is 2.32. The molecular formula is C12H7ClFN3. The highest BCUT2D eigenvalue weighted by Gasteiger charge is 2.04. The van der Waals surface area contributed by atoms with Crippen LogP contribution in [0.25, 0.3) is 0 Å². The van der Waals surface area contributed by atoms with E-state index in [1.165, 1.54) is 18.3 Å². The van der Waals surface area contributed by atoms with Gasteiger partial charge in [-0.3, -0.25) is 0 Å². The van der Waals surface area contributed by atoms with Crippen molar-refractivity contribution >= 4 is 23.0 Å². The third-order valence-electron chi connectivity index (χ3n) is 2.11. The Labute approximate surface area is 102 Å². The van der Waals surface area contributed by atoms with Crippen molar-refractivity contribution in [1.29, 1.82) is 5.26 Å². The number of aromatic nitrogens is 1. The van der Waals surface area contributed by atoms with Gasteiger partial charge in [0.05, 0.1) is 10.7 Å². The van der Waals surface area contributed by atoms with Gasteiger partial charge in [-0.25, -0.2) is 9.37 Å². The molecule has 2 aromatic rings. The van der Waals surface area contributed by atoms with Gasteiger partial charge in [-0.1, -0.05) is 11.6 Å². The summed E-state index contributed by atoms with van der Waals surface area (Å²) in [4.78, 5) is 3.89. The smallest absolute Gasteiger partial charge is 0.163 e. The summed E-state index contributed by atoms with van der Waals surface area (Å²) < 4.78 is 13.2. The third-order valence-corrected chi connectivity index (χ3v) is 2.42. The lowest BCUT2D eigenvalue weighted by Gasteiger charge is -2.07. The van der Waals surface area contributed by atoms with Gasteiger partial charge in [-0.05, 0) is 30.3 Å². The molecule has 0 saturated carbocycles. The van der Waals surface area contributed by atoms with Gasteiger partial charge >= 0.3 is 0 Å². The molecule has 0 spiro atoms. The van der Waals surface area contributed by atoms with E-state index < -0.39 is 5.82 Å². The summed E-state index contributed by atoms with van der Waals surface area (Å²) in [6.07, 6.45) is 1.52. The Morgan fingerprint density at radius 3 is 2.88 bits per heavy atom. The summed E-state index contributed by atoms with van der Waals surface area (Å²) in [5, 5.41) is 11.8. The molecular weight excluding hydrogens is 241 g/mol. The van der Waals surface area contributed by atoms with E-state index in [1.807, 2.05) is 6.07 Å². The van der Waals surface area contributed by atoms with Crippen LogP contribution in [-0.4, -0.2) is 4.98 Å². The topological polar surface area (TPSA) is 48.7 Å². The molecule has 0 saturated heterocycles. The summed E-state index contributed by atoms with van der Waals surface area (Å²) in [5.41, 5.74) is 1.29. The highest BCUT2D eigenvalue weighted by atomic mass is 35.5. The quantitative estimate of drug-likeness (QED) is 0.884. The van der Waals surface area contributed by atoms with E-state index in [9.17, 15) is 4.39 Å². The van der Waals surface area contributed by atoms with Crippen LogP contribution in [0.15, 0.2) is 36.5 Å². The van der Waals surface area contributed by atoms with Gasteiger partial charge in [0.25, 0.3) is 0 Å². The van der Waals surface area contributed by atoms with Gasteiger partial charge in [0, 0.05) is 11.9 Å². The lowest BCUT2D eigenvalue weighted by molar-refractivity contribution is 0.629. The van der Waals surface area contributed by atoms with Crippen LogP contribution in [-0.2, 0) is 0 Å². The van der Waals surface area contributed by atoms with Crippen LogP contribution in [0.2, 0.25) is 5.02 Å². The van der Waals surface area contributed by atoms with Crippen molar-refractivity contribution in [3.63, 3.8) is 0 Å². The molecule has 1 heterocycles. The van der Waals surface area contributed by atoms with Crippen LogP contribution < -0.4 is 5.32 Å². The van der Waals surface area contributed by atoms with Crippen LogP contribution in [0, 0.1) is 17.1 Å². The van der Waals surface area contributed by atoms with Crippen molar-refractivity contribution in [2.24, 2.45) is 0 Å². The molecule has 0 unspecified atom stereocenters. The van der Waals surface area contributed by atoms with E-state index in [2.05, 4.69) is 10.3 Å². The number of rotatable bonds is 2. The van der Waals surface area contributed by atoms with E-state index in [0.29, 0.717) is 11.4 Å². The third kappa shape index (κ3) is 2.52. The minimum absolute atomic E-state index is 0.0576. The lowest BCUT2D eigenvalue weighted by Crippen LogP contribution is -1.95. The molecule has 0 amide bonds. The highest BCUT2D eigenvalue weighted by molar-refractivity contribution is 6.30. The molecule has 0 fully saturated rings. The normalized spacial score (nSPS) is 9.71. The van der Waals surface area contributed by atoms with Gasteiger partial charge < -0.3 is 5.32 Å². The zero-order valence-electron chi connectivity index (χ0n) is 8.61. The first-order chi connectivity index (χ1) is 8.20. The maximum Gasteiger partial charge on any atom is 0.163 e. The van der Waals surface area contributed by atoms with Gasteiger partial charge in [0.2, 0.25) is 0 Å². The standard InChI is InChI=1S/C12H7ClFN3/c13-9-4-3-8(6-10(9)14)17-11-2-1-5-16-12(11)7-15/h1-6,17H. The number of pyridine rings is 1. The van der Waals surface area contributed by atoms with E-state index in [0.717, 1.165) is 0 Å². The number of nitriles is 1. The molecule has 2 rings (SSSR count). The fourth-order valence-corrected chi connectivity index (χ4v) is 1.44. The maximum absolute atomic E-state index is 13.2. The van der Waals surface area contributed by atoms with E-state index in [4.69, 9.17) is 16.9 Å². The zero-order chi connectivity index (χ0) is 12.3. The molecule has 17 heavy (non-hydrogen) atoms. The summed E-state index contributed by atoms with van der Waals surface area (Å²) in [6, 6.07) is 9.66. The fraction of sp³-hybridized carbons (Fsp3) is 0. The predicted octanol–water partition coefficient (Wildman–Crippen LogP) is 3.49. The van der Waals surface area contributed by atoms with Crippen molar-refractivity contribution in [2.45, 2.75) is 0 Å². The summed E-state index contributed by atoms with van der Waals surface area (Å²) in [7, 11) is 0. The highest BCUT2D eigenvalue weighted by Crippen LogP contribution is 2.23. The Morgan fingerprint density at radius 1 is 1.35 bits per heavy atom. The first-order valence-corrected chi connectivity index (χ1v) is 5.15. The summed E-state index contributed by atoms with van der Waals surface area (Å²) in [6.45, 7) is 0. The number of anilines is 2. The number of nitrogens with one attached hydrogen (secondary N) is 1.